The Hall–Kier alpha value is -0.900. The quantitative estimate of drug-likeness (QED) is 0.593. The maximum atomic E-state index is 12.0. The molecule has 1 aliphatic heterocycles. The second kappa shape index (κ2) is 5.63. The van der Waals surface area contributed by atoms with Crippen LogP contribution in [0.15, 0.2) is 0 Å². The molecule has 1 saturated heterocycles. The lowest BCUT2D eigenvalue weighted by molar-refractivity contribution is -0.146. The topological polar surface area (TPSA) is 55.4 Å². The summed E-state index contributed by atoms with van der Waals surface area (Å²) in [7, 11) is 0. The molecule has 0 aromatic carbocycles. The van der Waals surface area contributed by atoms with Crippen molar-refractivity contribution in [1.82, 2.24) is 5.32 Å². The van der Waals surface area contributed by atoms with Gasteiger partial charge in [-0.1, -0.05) is 12.8 Å². The van der Waals surface area contributed by atoms with E-state index >= 15 is 0 Å². The molecule has 17 heavy (non-hydrogen) atoms. The molecule has 3 atom stereocenters. The smallest absolute Gasteiger partial charge is 0.313 e. The van der Waals surface area contributed by atoms with Crippen LogP contribution in [0.25, 0.3) is 0 Å². The maximum Gasteiger partial charge on any atom is 0.313 e. The van der Waals surface area contributed by atoms with Crippen LogP contribution in [0.3, 0.4) is 0 Å². The van der Waals surface area contributed by atoms with Crippen molar-refractivity contribution in [2.75, 3.05) is 13.2 Å². The molecule has 3 unspecified atom stereocenters. The van der Waals surface area contributed by atoms with Gasteiger partial charge in [-0.05, 0) is 38.1 Å². The number of rotatable bonds is 4. The van der Waals surface area contributed by atoms with Gasteiger partial charge in [0.15, 0.2) is 5.78 Å². The molecule has 1 N–H and O–H groups in total. The maximum absolute atomic E-state index is 12.0. The summed E-state index contributed by atoms with van der Waals surface area (Å²) in [6.07, 6.45) is 4.76. The molecule has 96 valence electrons. The zero-order valence-corrected chi connectivity index (χ0v) is 10.4. The molecular weight excluding hydrogens is 218 g/mol. The molecule has 2 aliphatic rings. The van der Waals surface area contributed by atoms with Crippen molar-refractivity contribution in [3.05, 3.63) is 0 Å². The van der Waals surface area contributed by atoms with Crippen molar-refractivity contribution in [3.63, 3.8) is 0 Å². The molecule has 0 radical (unpaired) electrons. The number of esters is 1. The third-order valence-corrected chi connectivity index (χ3v) is 3.97. The summed E-state index contributed by atoms with van der Waals surface area (Å²) in [4.78, 5) is 23.3. The molecule has 1 aliphatic carbocycles. The fourth-order valence-corrected chi connectivity index (χ4v) is 3.18. The molecule has 0 aromatic rings. The molecule has 4 nitrogen and oxygen atoms in total. The van der Waals surface area contributed by atoms with Gasteiger partial charge in [-0.3, -0.25) is 9.59 Å². The van der Waals surface area contributed by atoms with Gasteiger partial charge >= 0.3 is 5.97 Å². The zero-order valence-electron chi connectivity index (χ0n) is 10.4. The van der Waals surface area contributed by atoms with E-state index in [2.05, 4.69) is 5.32 Å². The Morgan fingerprint density at radius 2 is 2.06 bits per heavy atom. The molecule has 2 fully saturated rings. The summed E-state index contributed by atoms with van der Waals surface area (Å²) in [5.74, 6) is 0.710. The minimum Gasteiger partial charge on any atom is -0.466 e. The SMILES string of the molecule is CCOC(=O)CC(=O)C1NCC2CCCCC21. The summed E-state index contributed by atoms with van der Waals surface area (Å²) >= 11 is 0. The molecular formula is C13H21NO3. The third kappa shape index (κ3) is 2.86. The Morgan fingerprint density at radius 3 is 2.82 bits per heavy atom. The fraction of sp³-hybridized carbons (Fsp3) is 0.846. The highest BCUT2D eigenvalue weighted by molar-refractivity contribution is 5.98. The lowest BCUT2D eigenvalue weighted by atomic mass is 9.77. The van der Waals surface area contributed by atoms with E-state index < -0.39 is 5.97 Å². The van der Waals surface area contributed by atoms with Crippen LogP contribution in [-0.4, -0.2) is 30.9 Å². The summed E-state index contributed by atoms with van der Waals surface area (Å²) < 4.78 is 4.82. The molecule has 1 heterocycles. The summed E-state index contributed by atoms with van der Waals surface area (Å²) in [6.45, 7) is 3.04. The van der Waals surface area contributed by atoms with E-state index in [1.165, 1.54) is 19.3 Å². The lowest BCUT2D eigenvalue weighted by Crippen LogP contribution is -2.38. The molecule has 4 heteroatoms. The van der Waals surface area contributed by atoms with Crippen molar-refractivity contribution in [2.24, 2.45) is 11.8 Å². The van der Waals surface area contributed by atoms with Gasteiger partial charge in [-0.25, -0.2) is 0 Å². The van der Waals surface area contributed by atoms with Gasteiger partial charge < -0.3 is 10.1 Å². The van der Waals surface area contributed by atoms with Crippen molar-refractivity contribution in [1.29, 1.82) is 0 Å². The average Bonchev–Trinajstić information content (AvgIpc) is 2.72. The number of carbonyl (C=O) groups is 2. The standard InChI is InChI=1S/C13H21NO3/c1-2-17-12(16)7-11(15)13-10-6-4-3-5-9(10)8-14-13/h9-10,13-14H,2-8H2,1H3. The zero-order chi connectivity index (χ0) is 12.3. The Labute approximate surface area is 102 Å². The van der Waals surface area contributed by atoms with Crippen LogP contribution in [0.5, 0.6) is 0 Å². The van der Waals surface area contributed by atoms with Crippen LogP contribution in [-0.2, 0) is 14.3 Å². The van der Waals surface area contributed by atoms with Gasteiger partial charge in [0, 0.05) is 0 Å². The predicted octanol–water partition coefficient (Wildman–Crippen LogP) is 1.29. The number of hydrogen-bond donors (Lipinski definition) is 1. The monoisotopic (exact) mass is 239 g/mol. The molecule has 1 saturated carbocycles. The molecule has 0 amide bonds. The first-order chi connectivity index (χ1) is 8.22. The summed E-state index contributed by atoms with van der Waals surface area (Å²) in [5.41, 5.74) is 0. The highest BCUT2D eigenvalue weighted by Gasteiger charge is 2.40. The van der Waals surface area contributed by atoms with Gasteiger partial charge in [-0.2, -0.15) is 0 Å². The molecule has 2 rings (SSSR count). The Morgan fingerprint density at radius 1 is 1.29 bits per heavy atom. The van der Waals surface area contributed by atoms with E-state index in [4.69, 9.17) is 4.74 Å². The van der Waals surface area contributed by atoms with E-state index in [1.807, 2.05) is 0 Å². The van der Waals surface area contributed by atoms with E-state index in [-0.39, 0.29) is 18.2 Å². The predicted molar refractivity (Wildman–Crippen MR) is 63.5 cm³/mol. The van der Waals surface area contributed by atoms with Crippen LogP contribution in [0, 0.1) is 11.8 Å². The Kier molecular flexibility index (Phi) is 4.15. The Bertz CT molecular complexity index is 303. The highest BCUT2D eigenvalue weighted by Crippen LogP contribution is 2.36. The largest absolute Gasteiger partial charge is 0.466 e. The number of Topliss-reactive ketones (excluding diaryl/α,β-unsaturated/α-hetero) is 1. The lowest BCUT2D eigenvalue weighted by Gasteiger charge is -2.27. The van der Waals surface area contributed by atoms with Crippen LogP contribution in [0.2, 0.25) is 0 Å². The van der Waals surface area contributed by atoms with Gasteiger partial charge in [0.05, 0.1) is 12.6 Å². The first-order valence-electron chi connectivity index (χ1n) is 6.64. The first kappa shape index (κ1) is 12.6. The van der Waals surface area contributed by atoms with Crippen molar-refractivity contribution in [2.45, 2.75) is 45.1 Å². The summed E-state index contributed by atoms with van der Waals surface area (Å²) in [5, 5.41) is 3.29. The van der Waals surface area contributed by atoms with Crippen LogP contribution in [0.4, 0.5) is 0 Å². The first-order valence-corrected chi connectivity index (χ1v) is 6.64. The van der Waals surface area contributed by atoms with Crippen molar-refractivity contribution in [3.8, 4) is 0 Å². The van der Waals surface area contributed by atoms with E-state index in [0.29, 0.717) is 18.4 Å². The van der Waals surface area contributed by atoms with Gasteiger partial charge in [0.1, 0.15) is 6.42 Å². The molecule has 0 aromatic heterocycles. The van der Waals surface area contributed by atoms with Gasteiger partial charge in [0.2, 0.25) is 0 Å². The number of carbonyl (C=O) groups excluding carboxylic acids is 2. The molecule has 0 bridgehead atoms. The Balaban J connectivity index is 1.89. The van der Waals surface area contributed by atoms with Crippen LogP contribution >= 0.6 is 0 Å². The fourth-order valence-electron chi connectivity index (χ4n) is 3.18. The normalized spacial score (nSPS) is 31.9. The number of ether oxygens (including phenoxy) is 1. The minimum atomic E-state index is -0.390. The minimum absolute atomic E-state index is 0.0119. The second-order valence-corrected chi connectivity index (χ2v) is 5.04. The van der Waals surface area contributed by atoms with E-state index in [9.17, 15) is 9.59 Å². The average molecular weight is 239 g/mol. The highest BCUT2D eigenvalue weighted by atomic mass is 16.5. The van der Waals surface area contributed by atoms with E-state index in [0.717, 1.165) is 13.0 Å². The van der Waals surface area contributed by atoms with Gasteiger partial charge in [-0.15, -0.1) is 0 Å². The molecule has 0 spiro atoms. The second-order valence-electron chi connectivity index (χ2n) is 5.04. The van der Waals surface area contributed by atoms with Gasteiger partial charge in [0.25, 0.3) is 0 Å². The van der Waals surface area contributed by atoms with E-state index in [1.54, 1.807) is 6.92 Å². The number of nitrogens with one attached hydrogen (secondary N) is 1. The van der Waals surface area contributed by atoms with Crippen molar-refractivity contribution >= 4 is 11.8 Å². The third-order valence-electron chi connectivity index (χ3n) is 3.97. The summed E-state index contributed by atoms with van der Waals surface area (Å²) in [6, 6.07) is -0.107. The van der Waals surface area contributed by atoms with Crippen LogP contribution in [0.1, 0.15) is 39.0 Å². The number of ketones is 1. The number of hydrogen-bond acceptors (Lipinski definition) is 4. The van der Waals surface area contributed by atoms with Crippen LogP contribution < -0.4 is 5.32 Å². The number of fused-ring (bicyclic) bond motifs is 1. The van der Waals surface area contributed by atoms with Crippen molar-refractivity contribution < 1.29 is 14.3 Å².